The molecule has 3 N–H and O–H groups in total. The summed E-state index contributed by atoms with van der Waals surface area (Å²) in [6, 6.07) is 8.23. The number of carbonyl (C=O) groups excluding carboxylic acids is 1. The lowest BCUT2D eigenvalue weighted by Gasteiger charge is -2.35. The molecular weight excluding hydrogens is 290 g/mol. The summed E-state index contributed by atoms with van der Waals surface area (Å²) in [6.45, 7) is 10.9. The molecule has 1 aliphatic heterocycles. The van der Waals surface area contributed by atoms with E-state index in [9.17, 15) is 4.79 Å². The Labute approximate surface area is 139 Å². The van der Waals surface area contributed by atoms with Crippen LogP contribution in [0.5, 0.6) is 0 Å². The number of rotatable bonds is 5. The molecule has 0 saturated carbocycles. The topological polar surface area (TPSA) is 67.6 Å². The molecule has 1 heterocycles. The van der Waals surface area contributed by atoms with Gasteiger partial charge in [0.1, 0.15) is 0 Å². The fourth-order valence-electron chi connectivity index (χ4n) is 2.94. The number of ether oxygens (including phenoxy) is 1. The van der Waals surface area contributed by atoms with Crippen molar-refractivity contribution in [2.45, 2.75) is 58.5 Å². The van der Waals surface area contributed by atoms with Crippen molar-refractivity contribution in [1.82, 2.24) is 10.2 Å². The lowest BCUT2D eigenvalue weighted by Crippen LogP contribution is -2.49. The Morgan fingerprint density at radius 2 is 1.83 bits per heavy atom. The molecule has 0 aromatic heterocycles. The number of nitrogens with two attached hydrogens (primary N) is 1. The average Bonchev–Trinajstić information content (AvgIpc) is 2.44. The summed E-state index contributed by atoms with van der Waals surface area (Å²) in [5.74, 6) is -0.138. The van der Waals surface area contributed by atoms with E-state index >= 15 is 0 Å². The molecule has 0 bridgehead atoms. The van der Waals surface area contributed by atoms with Crippen molar-refractivity contribution in [3.63, 3.8) is 0 Å². The van der Waals surface area contributed by atoms with E-state index in [1.54, 1.807) is 13.8 Å². The van der Waals surface area contributed by atoms with Gasteiger partial charge in [0.2, 0.25) is 5.91 Å². The fraction of sp³-hybridized carbons (Fsp3) is 0.611. The largest absolute Gasteiger partial charge is 0.373 e. The summed E-state index contributed by atoms with van der Waals surface area (Å²) < 4.78 is 5.79. The predicted molar refractivity (Wildman–Crippen MR) is 91.8 cm³/mol. The maximum Gasteiger partial charge on any atom is 0.239 e. The molecule has 0 aliphatic carbocycles. The molecule has 2 atom stereocenters. The van der Waals surface area contributed by atoms with Gasteiger partial charge in [-0.15, -0.1) is 0 Å². The van der Waals surface area contributed by atoms with Crippen molar-refractivity contribution in [2.75, 3.05) is 13.1 Å². The quantitative estimate of drug-likeness (QED) is 0.866. The zero-order valence-electron chi connectivity index (χ0n) is 14.6. The first-order valence-corrected chi connectivity index (χ1v) is 8.27. The zero-order chi connectivity index (χ0) is 17.0. The van der Waals surface area contributed by atoms with E-state index in [1.165, 1.54) is 5.56 Å². The highest BCUT2D eigenvalue weighted by molar-refractivity contribution is 5.85. The Bertz CT molecular complexity index is 529. The van der Waals surface area contributed by atoms with Gasteiger partial charge in [-0.3, -0.25) is 9.69 Å². The van der Waals surface area contributed by atoms with Crippen molar-refractivity contribution >= 4 is 5.91 Å². The highest BCUT2D eigenvalue weighted by Crippen LogP contribution is 2.17. The molecule has 1 aliphatic rings. The third kappa shape index (κ3) is 5.30. The van der Waals surface area contributed by atoms with Crippen LogP contribution in [0.2, 0.25) is 0 Å². The summed E-state index contributed by atoms with van der Waals surface area (Å²) in [6.07, 6.45) is 0.507. The third-order valence-electron chi connectivity index (χ3n) is 4.03. The number of nitrogens with one attached hydrogen (secondary N) is 1. The van der Waals surface area contributed by atoms with E-state index in [2.05, 4.69) is 36.2 Å². The lowest BCUT2D eigenvalue weighted by molar-refractivity contribution is -0.125. The molecule has 128 valence electrons. The van der Waals surface area contributed by atoms with E-state index in [1.807, 2.05) is 12.1 Å². The van der Waals surface area contributed by atoms with Gasteiger partial charge in [0.15, 0.2) is 0 Å². The molecular formula is C18H29N3O2. The number of hydrogen-bond acceptors (Lipinski definition) is 4. The molecule has 2 rings (SSSR count). The van der Waals surface area contributed by atoms with E-state index in [0.29, 0.717) is 6.54 Å². The lowest BCUT2D eigenvalue weighted by atomic mass is 10.0. The number of amides is 1. The third-order valence-corrected chi connectivity index (χ3v) is 4.03. The Hall–Kier alpha value is -1.43. The first-order valence-electron chi connectivity index (χ1n) is 8.27. The number of nitrogens with zero attached hydrogens (tertiary/aromatic N) is 1. The van der Waals surface area contributed by atoms with Gasteiger partial charge in [-0.25, -0.2) is 0 Å². The molecule has 1 aromatic carbocycles. The second-order valence-corrected chi connectivity index (χ2v) is 7.12. The number of carbonyl (C=O) groups is 1. The van der Waals surface area contributed by atoms with Crippen molar-refractivity contribution in [2.24, 2.45) is 5.73 Å². The average molecular weight is 319 g/mol. The van der Waals surface area contributed by atoms with E-state index in [0.717, 1.165) is 25.2 Å². The Morgan fingerprint density at radius 1 is 1.26 bits per heavy atom. The number of hydrogen-bond donors (Lipinski definition) is 2. The molecule has 5 heteroatoms. The first kappa shape index (κ1) is 17.9. The molecule has 1 saturated heterocycles. The molecule has 5 nitrogen and oxygen atoms in total. The van der Waals surface area contributed by atoms with Crippen LogP contribution < -0.4 is 11.1 Å². The monoisotopic (exact) mass is 319 g/mol. The van der Waals surface area contributed by atoms with Crippen LogP contribution in [0.25, 0.3) is 0 Å². The summed E-state index contributed by atoms with van der Waals surface area (Å²) in [5.41, 5.74) is 7.35. The second-order valence-electron chi connectivity index (χ2n) is 7.12. The highest BCUT2D eigenvalue weighted by Gasteiger charge is 2.24. The fourth-order valence-corrected chi connectivity index (χ4v) is 2.94. The van der Waals surface area contributed by atoms with E-state index in [-0.39, 0.29) is 18.1 Å². The Morgan fingerprint density at radius 3 is 2.39 bits per heavy atom. The number of benzene rings is 1. The molecule has 0 radical (unpaired) electrons. The minimum absolute atomic E-state index is 0.138. The maximum atomic E-state index is 12.0. The van der Waals surface area contributed by atoms with Crippen molar-refractivity contribution < 1.29 is 9.53 Å². The molecule has 1 aromatic rings. The maximum absolute atomic E-state index is 12.0. The SMILES string of the molecule is C[C@@H]1CN(Cc2ccccc2CNC(=O)C(C)(C)N)C[C@H](C)O1. The molecule has 1 amide bonds. The van der Waals surface area contributed by atoms with Crippen molar-refractivity contribution in [3.8, 4) is 0 Å². The van der Waals surface area contributed by atoms with Crippen molar-refractivity contribution in [3.05, 3.63) is 35.4 Å². The summed E-state index contributed by atoms with van der Waals surface area (Å²) in [7, 11) is 0. The van der Waals surface area contributed by atoms with Gasteiger partial charge in [-0.05, 0) is 38.8 Å². The summed E-state index contributed by atoms with van der Waals surface area (Å²) in [5, 5.41) is 2.93. The van der Waals surface area contributed by atoms with Crippen LogP contribution in [0.1, 0.15) is 38.8 Å². The summed E-state index contributed by atoms with van der Waals surface area (Å²) in [4.78, 5) is 14.4. The van der Waals surface area contributed by atoms with Crippen LogP contribution in [0.15, 0.2) is 24.3 Å². The van der Waals surface area contributed by atoms with Gasteiger partial charge >= 0.3 is 0 Å². The van der Waals surface area contributed by atoms with Gasteiger partial charge in [-0.1, -0.05) is 24.3 Å². The van der Waals surface area contributed by atoms with Crippen molar-refractivity contribution in [1.29, 1.82) is 0 Å². The van der Waals surface area contributed by atoms with Gasteiger partial charge in [0, 0.05) is 26.2 Å². The standard InChI is InChI=1S/C18H29N3O2/c1-13-10-21(11-14(2)23-13)12-16-8-6-5-7-15(16)9-20-17(22)18(3,4)19/h5-8,13-14H,9-12,19H2,1-4H3,(H,20,22)/t13-,14+. The van der Waals surface area contributed by atoms with Crippen LogP contribution in [-0.4, -0.2) is 41.6 Å². The van der Waals surface area contributed by atoms with Crippen LogP contribution in [0.3, 0.4) is 0 Å². The molecule has 23 heavy (non-hydrogen) atoms. The second kappa shape index (κ2) is 7.43. The predicted octanol–water partition coefficient (Wildman–Crippen LogP) is 1.65. The van der Waals surface area contributed by atoms with E-state index < -0.39 is 5.54 Å². The van der Waals surface area contributed by atoms with Gasteiger partial charge in [-0.2, -0.15) is 0 Å². The van der Waals surface area contributed by atoms with Gasteiger partial charge < -0.3 is 15.8 Å². The minimum Gasteiger partial charge on any atom is -0.373 e. The van der Waals surface area contributed by atoms with Crippen LogP contribution >= 0.6 is 0 Å². The Balaban J connectivity index is 2.01. The van der Waals surface area contributed by atoms with Crippen LogP contribution in [0.4, 0.5) is 0 Å². The molecule has 1 fully saturated rings. The molecule has 0 unspecified atom stereocenters. The smallest absolute Gasteiger partial charge is 0.239 e. The Kier molecular flexibility index (Phi) is 5.79. The van der Waals surface area contributed by atoms with Gasteiger partial charge in [0.25, 0.3) is 0 Å². The normalized spacial score (nSPS) is 22.8. The minimum atomic E-state index is -0.857. The molecule has 0 spiro atoms. The highest BCUT2D eigenvalue weighted by atomic mass is 16.5. The summed E-state index contributed by atoms with van der Waals surface area (Å²) >= 11 is 0. The first-order chi connectivity index (χ1) is 10.8. The van der Waals surface area contributed by atoms with Crippen LogP contribution in [0, 0.1) is 0 Å². The van der Waals surface area contributed by atoms with E-state index in [4.69, 9.17) is 10.5 Å². The van der Waals surface area contributed by atoms with Crippen LogP contribution in [-0.2, 0) is 22.6 Å². The van der Waals surface area contributed by atoms with Gasteiger partial charge in [0.05, 0.1) is 17.7 Å². The number of morpholine rings is 1. The zero-order valence-corrected chi connectivity index (χ0v) is 14.6.